The summed E-state index contributed by atoms with van der Waals surface area (Å²) < 4.78 is 21.7. The molecule has 0 saturated carbocycles. The predicted molar refractivity (Wildman–Crippen MR) is 119 cm³/mol. The van der Waals surface area contributed by atoms with E-state index in [-0.39, 0.29) is 41.6 Å². The second-order valence-corrected chi connectivity index (χ2v) is 9.16. The van der Waals surface area contributed by atoms with Gasteiger partial charge in [-0.2, -0.15) is 0 Å². The Morgan fingerprint density at radius 1 is 1.27 bits per heavy atom. The Bertz CT molecular complexity index is 1460. The number of benzene rings is 1. The van der Waals surface area contributed by atoms with E-state index in [4.69, 9.17) is 15.5 Å². The standard InChI is InChI=1S/C25H24FN3O4/c1-3-11-12-5-6-17(27)20-13-9-29-19(22(13)28-18(21(12)20)8-16(11)26)7-15-14(23(29)30)10-33-24(31)25(15,32)4-2/h7-8,17,32H,3-6,9-10,27H2,1-2H3/t17?,25-/m0/s1. The third-order valence-corrected chi connectivity index (χ3v) is 7.62. The molecule has 2 aliphatic heterocycles. The number of aliphatic hydroxyl groups is 1. The van der Waals surface area contributed by atoms with Crippen LogP contribution in [0.5, 0.6) is 0 Å². The van der Waals surface area contributed by atoms with Crippen LogP contribution in [-0.4, -0.2) is 20.6 Å². The Kier molecular flexibility index (Phi) is 4.17. The molecule has 8 heteroatoms. The van der Waals surface area contributed by atoms with Crippen LogP contribution in [0.15, 0.2) is 16.9 Å². The number of aryl methyl sites for hydroxylation is 1. The molecule has 170 valence electrons. The minimum Gasteiger partial charge on any atom is -0.458 e. The lowest BCUT2D eigenvalue weighted by atomic mass is 9.81. The van der Waals surface area contributed by atoms with Gasteiger partial charge in [0.15, 0.2) is 5.60 Å². The summed E-state index contributed by atoms with van der Waals surface area (Å²) >= 11 is 0. The molecular weight excluding hydrogens is 425 g/mol. The molecule has 4 heterocycles. The number of halogens is 1. The Morgan fingerprint density at radius 2 is 2.06 bits per heavy atom. The maximum absolute atomic E-state index is 14.9. The van der Waals surface area contributed by atoms with E-state index in [1.807, 2.05) is 6.92 Å². The molecule has 1 aliphatic carbocycles. The first-order chi connectivity index (χ1) is 15.8. The largest absolute Gasteiger partial charge is 0.458 e. The number of fused-ring (bicyclic) bond motifs is 5. The molecule has 0 bridgehead atoms. The Labute approximate surface area is 189 Å². The summed E-state index contributed by atoms with van der Waals surface area (Å²) in [5.74, 6) is -1.04. The molecule has 2 aromatic heterocycles. The number of aromatic nitrogens is 2. The molecule has 3 aliphatic rings. The van der Waals surface area contributed by atoms with Gasteiger partial charge in [0.25, 0.3) is 5.56 Å². The third kappa shape index (κ3) is 2.48. The molecular formula is C25H24FN3O4. The van der Waals surface area contributed by atoms with Gasteiger partial charge in [-0.1, -0.05) is 13.8 Å². The molecule has 0 spiro atoms. The van der Waals surface area contributed by atoms with Gasteiger partial charge in [-0.25, -0.2) is 14.2 Å². The molecule has 7 nitrogen and oxygen atoms in total. The van der Waals surface area contributed by atoms with E-state index in [0.29, 0.717) is 48.3 Å². The Balaban J connectivity index is 1.69. The summed E-state index contributed by atoms with van der Waals surface area (Å²) in [5, 5.41) is 11.9. The van der Waals surface area contributed by atoms with Crippen molar-refractivity contribution in [2.24, 2.45) is 5.73 Å². The van der Waals surface area contributed by atoms with Crippen molar-refractivity contribution in [3.05, 3.63) is 61.7 Å². The summed E-state index contributed by atoms with van der Waals surface area (Å²) in [6, 6.07) is 2.88. The van der Waals surface area contributed by atoms with Gasteiger partial charge < -0.3 is 20.1 Å². The van der Waals surface area contributed by atoms with Crippen molar-refractivity contribution in [1.29, 1.82) is 0 Å². The zero-order valence-corrected chi connectivity index (χ0v) is 18.5. The van der Waals surface area contributed by atoms with Crippen molar-refractivity contribution < 1.29 is 19.0 Å². The normalized spacial score (nSPS) is 22.7. The van der Waals surface area contributed by atoms with Gasteiger partial charge in [0.1, 0.15) is 12.4 Å². The van der Waals surface area contributed by atoms with Crippen LogP contribution in [0, 0.1) is 5.82 Å². The number of rotatable bonds is 2. The fourth-order valence-corrected chi connectivity index (χ4v) is 5.88. The van der Waals surface area contributed by atoms with Gasteiger partial charge in [-0.3, -0.25) is 4.79 Å². The maximum Gasteiger partial charge on any atom is 0.343 e. The van der Waals surface area contributed by atoms with Gasteiger partial charge in [0.2, 0.25) is 0 Å². The fourth-order valence-electron chi connectivity index (χ4n) is 5.88. The second-order valence-electron chi connectivity index (χ2n) is 9.16. The first kappa shape index (κ1) is 20.5. The van der Waals surface area contributed by atoms with Crippen LogP contribution in [0.3, 0.4) is 0 Å². The molecule has 6 rings (SSSR count). The number of esters is 1. The van der Waals surface area contributed by atoms with Crippen LogP contribution in [0.4, 0.5) is 4.39 Å². The number of pyridine rings is 2. The van der Waals surface area contributed by atoms with Crippen molar-refractivity contribution in [1.82, 2.24) is 9.55 Å². The third-order valence-electron chi connectivity index (χ3n) is 7.62. The molecule has 0 fully saturated rings. The van der Waals surface area contributed by atoms with Gasteiger partial charge >= 0.3 is 5.97 Å². The van der Waals surface area contributed by atoms with Crippen molar-refractivity contribution in [2.45, 2.75) is 64.3 Å². The van der Waals surface area contributed by atoms with Crippen LogP contribution in [-0.2, 0) is 41.1 Å². The van der Waals surface area contributed by atoms with E-state index in [1.165, 1.54) is 6.07 Å². The van der Waals surface area contributed by atoms with E-state index < -0.39 is 11.6 Å². The van der Waals surface area contributed by atoms with Crippen molar-refractivity contribution in [2.75, 3.05) is 0 Å². The number of hydrogen-bond acceptors (Lipinski definition) is 6. The van der Waals surface area contributed by atoms with Gasteiger partial charge in [-0.05, 0) is 48.4 Å². The lowest BCUT2D eigenvalue weighted by molar-refractivity contribution is -0.172. The average molecular weight is 449 g/mol. The van der Waals surface area contributed by atoms with Crippen molar-refractivity contribution in [3.8, 4) is 11.4 Å². The zero-order chi connectivity index (χ0) is 23.2. The van der Waals surface area contributed by atoms with Crippen LogP contribution in [0.25, 0.3) is 22.3 Å². The van der Waals surface area contributed by atoms with E-state index in [9.17, 15) is 19.1 Å². The van der Waals surface area contributed by atoms with Gasteiger partial charge in [0, 0.05) is 28.6 Å². The van der Waals surface area contributed by atoms with Crippen molar-refractivity contribution >= 4 is 16.9 Å². The molecule has 3 aromatic rings. The highest BCUT2D eigenvalue weighted by Gasteiger charge is 2.45. The Hall–Kier alpha value is -3.10. The van der Waals surface area contributed by atoms with Crippen LogP contribution in [0.2, 0.25) is 0 Å². The number of nitrogens with two attached hydrogens (primary N) is 1. The minimum atomic E-state index is -1.89. The average Bonchev–Trinajstić information content (AvgIpc) is 3.17. The molecule has 1 unspecified atom stereocenters. The predicted octanol–water partition coefficient (Wildman–Crippen LogP) is 2.73. The highest BCUT2D eigenvalue weighted by molar-refractivity contribution is 5.93. The molecule has 1 aromatic carbocycles. The monoisotopic (exact) mass is 449 g/mol. The number of nitrogens with zero attached hydrogens (tertiary/aromatic N) is 2. The van der Waals surface area contributed by atoms with Gasteiger partial charge in [-0.15, -0.1) is 0 Å². The summed E-state index contributed by atoms with van der Waals surface area (Å²) in [6.07, 6.45) is 2.04. The first-order valence-electron chi connectivity index (χ1n) is 11.4. The number of hydrogen-bond donors (Lipinski definition) is 2. The lowest BCUT2D eigenvalue weighted by Crippen LogP contribution is -2.44. The summed E-state index contributed by atoms with van der Waals surface area (Å²) in [6.45, 7) is 3.72. The van der Waals surface area contributed by atoms with Gasteiger partial charge in [0.05, 0.1) is 29.0 Å². The summed E-state index contributed by atoms with van der Waals surface area (Å²) in [5.41, 5.74) is 9.93. The molecule has 2 atom stereocenters. The smallest absolute Gasteiger partial charge is 0.343 e. The summed E-state index contributed by atoms with van der Waals surface area (Å²) in [4.78, 5) is 30.6. The minimum absolute atomic E-state index is 0.0736. The topological polar surface area (TPSA) is 107 Å². The molecule has 0 saturated heterocycles. The van der Waals surface area contributed by atoms with Crippen LogP contribution in [0.1, 0.15) is 66.1 Å². The van der Waals surface area contributed by atoms with Crippen LogP contribution >= 0.6 is 0 Å². The molecule has 3 N–H and O–H groups in total. The zero-order valence-electron chi connectivity index (χ0n) is 18.5. The highest BCUT2D eigenvalue weighted by atomic mass is 19.1. The van der Waals surface area contributed by atoms with E-state index in [2.05, 4.69) is 0 Å². The fraction of sp³-hybridized carbons (Fsp3) is 0.400. The summed E-state index contributed by atoms with van der Waals surface area (Å²) in [7, 11) is 0. The maximum atomic E-state index is 14.9. The number of carbonyl (C=O) groups excluding carboxylic acids is 1. The van der Waals surface area contributed by atoms with Crippen molar-refractivity contribution in [3.63, 3.8) is 0 Å². The van der Waals surface area contributed by atoms with Crippen LogP contribution < -0.4 is 11.3 Å². The highest BCUT2D eigenvalue weighted by Crippen LogP contribution is 2.45. The number of carbonyl (C=O) groups is 1. The quantitative estimate of drug-likeness (QED) is 0.456. The van der Waals surface area contributed by atoms with E-state index in [1.54, 1.807) is 17.6 Å². The number of cyclic esters (lactones) is 1. The molecule has 33 heavy (non-hydrogen) atoms. The lowest BCUT2D eigenvalue weighted by Gasteiger charge is -2.31. The molecule has 0 radical (unpaired) electrons. The SMILES string of the molecule is CCc1c(F)cc2nc3c(c4c2c1CCC4N)Cn1c-3cc2c(c1=O)COC(=O)[C@]2(O)CC. The first-order valence-corrected chi connectivity index (χ1v) is 11.4. The second kappa shape index (κ2) is 6.71. The Morgan fingerprint density at radius 3 is 2.79 bits per heavy atom. The van der Waals surface area contributed by atoms with E-state index in [0.717, 1.165) is 22.1 Å². The molecule has 0 amide bonds. The van der Waals surface area contributed by atoms with E-state index >= 15 is 0 Å². The number of ether oxygens (including phenoxy) is 1.